The maximum Gasteiger partial charge on any atom is 0.223 e. The largest absolute Gasteiger partial charge is 0.480 e. The van der Waals surface area contributed by atoms with E-state index in [2.05, 4.69) is 15.0 Å². The van der Waals surface area contributed by atoms with Gasteiger partial charge in [0.05, 0.1) is 13.7 Å². The summed E-state index contributed by atoms with van der Waals surface area (Å²) in [6.45, 7) is 0.603. The third-order valence-corrected chi connectivity index (χ3v) is 4.06. The number of pyridine rings is 2. The van der Waals surface area contributed by atoms with Crippen molar-refractivity contribution in [3.8, 4) is 17.0 Å². The van der Waals surface area contributed by atoms with Crippen molar-refractivity contribution in [1.29, 1.82) is 0 Å². The van der Waals surface area contributed by atoms with Crippen LogP contribution in [0.15, 0.2) is 60.9 Å². The highest BCUT2D eigenvalue weighted by Crippen LogP contribution is 2.31. The predicted molar refractivity (Wildman–Crippen MR) is 97.3 cm³/mol. The number of methoxy groups -OCH3 is 1. The summed E-state index contributed by atoms with van der Waals surface area (Å²) in [5, 5.41) is 0. The molecule has 0 radical (unpaired) electrons. The highest BCUT2D eigenvalue weighted by atomic mass is 16.5. The van der Waals surface area contributed by atoms with Gasteiger partial charge < -0.3 is 10.5 Å². The summed E-state index contributed by atoms with van der Waals surface area (Å²) >= 11 is 0. The molecule has 6 nitrogen and oxygen atoms in total. The summed E-state index contributed by atoms with van der Waals surface area (Å²) in [7, 11) is 1.61. The molecule has 0 saturated heterocycles. The van der Waals surface area contributed by atoms with Crippen molar-refractivity contribution in [1.82, 2.24) is 19.5 Å². The fourth-order valence-corrected chi connectivity index (χ4v) is 2.86. The average molecular weight is 331 g/mol. The number of benzene rings is 1. The number of nitrogen functional groups attached to an aromatic ring is 1. The molecule has 0 bridgehead atoms. The molecule has 0 aliphatic heterocycles. The molecule has 0 aliphatic rings. The third-order valence-electron chi connectivity index (χ3n) is 4.06. The number of rotatable bonds is 4. The van der Waals surface area contributed by atoms with Crippen LogP contribution in [0.3, 0.4) is 0 Å². The molecule has 0 spiro atoms. The van der Waals surface area contributed by atoms with Crippen LogP contribution in [-0.4, -0.2) is 26.6 Å². The number of hydrogen-bond acceptors (Lipinski definition) is 5. The van der Waals surface area contributed by atoms with Crippen molar-refractivity contribution in [3.05, 3.63) is 66.5 Å². The number of imidazole rings is 1. The zero-order chi connectivity index (χ0) is 17.2. The molecule has 0 saturated carbocycles. The third kappa shape index (κ3) is 2.78. The maximum absolute atomic E-state index is 6.14. The highest BCUT2D eigenvalue weighted by Gasteiger charge is 2.16. The lowest BCUT2D eigenvalue weighted by atomic mass is 10.1. The van der Waals surface area contributed by atoms with Gasteiger partial charge in [-0.2, -0.15) is 4.98 Å². The molecule has 0 amide bonds. The lowest BCUT2D eigenvalue weighted by Gasteiger charge is -2.09. The maximum atomic E-state index is 6.14. The molecule has 0 atom stereocenters. The molecule has 3 heterocycles. The molecule has 0 fully saturated rings. The zero-order valence-corrected chi connectivity index (χ0v) is 13.8. The fraction of sp³-hybridized carbons (Fsp3) is 0.105. The van der Waals surface area contributed by atoms with Gasteiger partial charge in [0.1, 0.15) is 5.52 Å². The lowest BCUT2D eigenvalue weighted by molar-refractivity contribution is 0.401. The number of anilines is 1. The van der Waals surface area contributed by atoms with Crippen LogP contribution in [0.1, 0.15) is 5.56 Å². The van der Waals surface area contributed by atoms with Crippen LogP contribution in [0.2, 0.25) is 0 Å². The van der Waals surface area contributed by atoms with Gasteiger partial charge in [-0.3, -0.25) is 9.55 Å². The summed E-state index contributed by atoms with van der Waals surface area (Å²) in [4.78, 5) is 13.3. The Balaban J connectivity index is 1.86. The Morgan fingerprint density at radius 3 is 2.64 bits per heavy atom. The van der Waals surface area contributed by atoms with Crippen molar-refractivity contribution < 1.29 is 4.74 Å². The van der Waals surface area contributed by atoms with Crippen LogP contribution < -0.4 is 10.5 Å². The minimum absolute atomic E-state index is 0.428. The van der Waals surface area contributed by atoms with Gasteiger partial charge in [-0.15, -0.1) is 0 Å². The quantitative estimate of drug-likeness (QED) is 0.621. The number of fused-ring (bicyclic) bond motifs is 1. The van der Waals surface area contributed by atoms with Crippen molar-refractivity contribution in [2.45, 2.75) is 6.54 Å². The molecular weight excluding hydrogens is 314 g/mol. The van der Waals surface area contributed by atoms with Gasteiger partial charge in [-0.05, 0) is 17.7 Å². The van der Waals surface area contributed by atoms with E-state index in [-0.39, 0.29) is 0 Å². The van der Waals surface area contributed by atoms with E-state index in [9.17, 15) is 0 Å². The second-order valence-electron chi connectivity index (χ2n) is 5.67. The van der Waals surface area contributed by atoms with E-state index in [1.54, 1.807) is 19.5 Å². The monoisotopic (exact) mass is 331 g/mol. The Kier molecular flexibility index (Phi) is 3.78. The molecule has 6 heteroatoms. The summed E-state index contributed by atoms with van der Waals surface area (Å²) in [6.07, 6.45) is 3.50. The van der Waals surface area contributed by atoms with Crippen LogP contribution >= 0.6 is 0 Å². The Morgan fingerprint density at radius 1 is 1.08 bits per heavy atom. The Morgan fingerprint density at radius 2 is 1.92 bits per heavy atom. The smallest absolute Gasteiger partial charge is 0.223 e. The van der Waals surface area contributed by atoms with Crippen LogP contribution in [-0.2, 0) is 6.54 Å². The van der Waals surface area contributed by atoms with Crippen LogP contribution in [0, 0.1) is 0 Å². The topological polar surface area (TPSA) is 78.8 Å². The zero-order valence-electron chi connectivity index (χ0n) is 13.8. The summed E-state index contributed by atoms with van der Waals surface area (Å²) in [6, 6.07) is 15.9. The molecule has 3 aromatic heterocycles. The van der Waals surface area contributed by atoms with Gasteiger partial charge in [0, 0.05) is 23.5 Å². The van der Waals surface area contributed by atoms with Gasteiger partial charge >= 0.3 is 0 Å². The normalized spacial score (nSPS) is 10.9. The molecule has 4 aromatic rings. The first-order valence-corrected chi connectivity index (χ1v) is 7.91. The number of nitrogens with two attached hydrogens (primary N) is 1. The summed E-state index contributed by atoms with van der Waals surface area (Å²) in [5.41, 5.74) is 10.5. The first kappa shape index (κ1) is 15.1. The lowest BCUT2D eigenvalue weighted by Crippen LogP contribution is -2.05. The molecule has 25 heavy (non-hydrogen) atoms. The minimum atomic E-state index is 0.428. The van der Waals surface area contributed by atoms with Gasteiger partial charge in [-0.1, -0.05) is 36.4 Å². The summed E-state index contributed by atoms with van der Waals surface area (Å²) < 4.78 is 7.39. The van der Waals surface area contributed by atoms with E-state index in [1.165, 1.54) is 0 Å². The first-order chi connectivity index (χ1) is 12.3. The molecule has 124 valence electrons. The molecule has 0 unspecified atom stereocenters. The SMILES string of the molecule is COc1nc2c(cc1-c1cccnc1)nc(N)n2Cc1ccccc1. The Hall–Kier alpha value is -3.41. The first-order valence-electron chi connectivity index (χ1n) is 7.91. The predicted octanol–water partition coefficient (Wildman–Crippen LogP) is 3.13. The molecule has 0 aliphatic carbocycles. The van der Waals surface area contributed by atoms with Crippen molar-refractivity contribution in [3.63, 3.8) is 0 Å². The number of nitrogens with zero attached hydrogens (tertiary/aromatic N) is 4. The number of ether oxygens (including phenoxy) is 1. The van der Waals surface area contributed by atoms with E-state index in [0.29, 0.717) is 24.0 Å². The van der Waals surface area contributed by atoms with Crippen LogP contribution in [0.5, 0.6) is 5.88 Å². The van der Waals surface area contributed by atoms with Gasteiger partial charge in [0.25, 0.3) is 0 Å². The fourth-order valence-electron chi connectivity index (χ4n) is 2.86. The van der Waals surface area contributed by atoms with Gasteiger partial charge in [0.2, 0.25) is 11.8 Å². The van der Waals surface area contributed by atoms with Crippen LogP contribution in [0.25, 0.3) is 22.3 Å². The van der Waals surface area contributed by atoms with Crippen LogP contribution in [0.4, 0.5) is 5.95 Å². The Bertz CT molecular complexity index is 1010. The number of aromatic nitrogens is 4. The van der Waals surface area contributed by atoms with E-state index < -0.39 is 0 Å². The van der Waals surface area contributed by atoms with Crippen molar-refractivity contribution in [2.75, 3.05) is 12.8 Å². The average Bonchev–Trinajstić information content (AvgIpc) is 2.97. The molecular formula is C19H17N5O. The highest BCUT2D eigenvalue weighted by molar-refractivity contribution is 5.83. The second kappa shape index (κ2) is 6.24. The van der Waals surface area contributed by atoms with Crippen molar-refractivity contribution in [2.24, 2.45) is 0 Å². The van der Waals surface area contributed by atoms with E-state index in [1.807, 2.05) is 53.1 Å². The van der Waals surface area contributed by atoms with Crippen molar-refractivity contribution >= 4 is 17.1 Å². The van der Waals surface area contributed by atoms with E-state index in [4.69, 9.17) is 10.5 Å². The van der Waals surface area contributed by atoms with E-state index >= 15 is 0 Å². The number of hydrogen-bond donors (Lipinski definition) is 1. The molecule has 4 rings (SSSR count). The summed E-state index contributed by atoms with van der Waals surface area (Å²) in [5.74, 6) is 0.950. The van der Waals surface area contributed by atoms with Gasteiger partial charge in [-0.25, -0.2) is 4.98 Å². The standard InChI is InChI=1S/C19H17N5O/c1-25-18-15(14-8-5-9-21-11-14)10-16-17(23-18)24(19(20)22-16)12-13-6-3-2-4-7-13/h2-11H,12H2,1H3,(H2,20,22). The molecule has 2 N–H and O–H groups in total. The minimum Gasteiger partial charge on any atom is -0.480 e. The van der Waals surface area contributed by atoms with E-state index in [0.717, 1.165) is 22.2 Å². The van der Waals surface area contributed by atoms with Gasteiger partial charge in [0.15, 0.2) is 5.65 Å². The Labute approximate surface area is 144 Å². The second-order valence-corrected chi connectivity index (χ2v) is 5.67. The molecule has 1 aromatic carbocycles.